The fraction of sp³-hybridized carbons (Fsp3) is 0.538. The average Bonchev–Trinajstić information content (AvgIpc) is 2.31. The Morgan fingerprint density at radius 3 is 2.81 bits per heavy atom. The Morgan fingerprint density at radius 1 is 1.38 bits per heavy atom. The first-order valence-corrected chi connectivity index (χ1v) is 6.72. The van der Waals surface area contributed by atoms with Crippen molar-refractivity contribution >= 4 is 15.9 Å². The quantitative estimate of drug-likeness (QED) is 0.840. The third-order valence-corrected chi connectivity index (χ3v) is 3.94. The number of benzene rings is 1. The van der Waals surface area contributed by atoms with Gasteiger partial charge in [0.15, 0.2) is 0 Å². The Kier molecular flexibility index (Phi) is 3.87. The molecule has 0 aromatic heterocycles. The summed E-state index contributed by atoms with van der Waals surface area (Å²) in [5.74, 6) is 1.04. The Bertz CT molecular complexity index is 363. The summed E-state index contributed by atoms with van der Waals surface area (Å²) in [6, 6.07) is 6.70. The van der Waals surface area contributed by atoms with Crippen molar-refractivity contribution < 1.29 is 4.74 Å². The molecule has 0 saturated heterocycles. The zero-order valence-electron chi connectivity index (χ0n) is 9.87. The van der Waals surface area contributed by atoms with E-state index in [9.17, 15) is 0 Å². The lowest BCUT2D eigenvalue weighted by atomic mass is 9.99. The lowest BCUT2D eigenvalue weighted by Gasteiger charge is -2.35. The van der Waals surface area contributed by atoms with Gasteiger partial charge in [0, 0.05) is 22.5 Å². The highest BCUT2D eigenvalue weighted by Gasteiger charge is 2.27. The normalized spacial score (nSPS) is 19.4. The fourth-order valence-electron chi connectivity index (χ4n) is 2.42. The number of hydrogen-bond acceptors (Lipinski definition) is 2. The first-order valence-electron chi connectivity index (χ1n) is 5.93. The molecule has 2 nitrogen and oxygen atoms in total. The maximum absolute atomic E-state index is 5.72. The van der Waals surface area contributed by atoms with Gasteiger partial charge in [-0.25, -0.2) is 0 Å². The molecular weight excluding hydrogens is 266 g/mol. The summed E-state index contributed by atoms with van der Waals surface area (Å²) in [5.41, 5.74) is 1.32. The van der Waals surface area contributed by atoms with Crippen LogP contribution in [0.15, 0.2) is 22.7 Å². The van der Waals surface area contributed by atoms with Crippen LogP contribution in [-0.2, 0) is 0 Å². The van der Waals surface area contributed by atoms with Crippen LogP contribution in [0.1, 0.15) is 31.9 Å². The van der Waals surface area contributed by atoms with Crippen LogP contribution in [-0.4, -0.2) is 24.6 Å². The molecular formula is C13H18BrNO. The van der Waals surface area contributed by atoms with E-state index in [1.54, 1.807) is 0 Å². The molecule has 0 amide bonds. The van der Waals surface area contributed by atoms with E-state index in [4.69, 9.17) is 4.74 Å². The van der Waals surface area contributed by atoms with Crippen molar-refractivity contribution in [2.24, 2.45) is 0 Å². The van der Waals surface area contributed by atoms with Gasteiger partial charge in [-0.2, -0.15) is 0 Å². The van der Waals surface area contributed by atoms with Gasteiger partial charge < -0.3 is 4.74 Å². The lowest BCUT2D eigenvalue weighted by molar-refractivity contribution is 0.151. The molecule has 2 rings (SSSR count). The molecule has 0 N–H and O–H groups in total. The monoisotopic (exact) mass is 283 g/mol. The SMILES string of the molecule is CCN(CC)C1CCOc2cccc(Br)c21. The summed E-state index contributed by atoms with van der Waals surface area (Å²) in [6.07, 6.45) is 1.08. The summed E-state index contributed by atoms with van der Waals surface area (Å²) in [5, 5.41) is 0. The van der Waals surface area contributed by atoms with E-state index in [-0.39, 0.29) is 0 Å². The van der Waals surface area contributed by atoms with Crippen LogP contribution in [0.4, 0.5) is 0 Å². The summed E-state index contributed by atoms with van der Waals surface area (Å²) >= 11 is 3.64. The molecule has 1 heterocycles. The number of ether oxygens (including phenoxy) is 1. The van der Waals surface area contributed by atoms with Crippen molar-refractivity contribution in [1.82, 2.24) is 4.90 Å². The van der Waals surface area contributed by atoms with Crippen LogP contribution >= 0.6 is 15.9 Å². The highest BCUT2D eigenvalue weighted by Crippen LogP contribution is 2.40. The Labute approximate surface area is 106 Å². The largest absolute Gasteiger partial charge is 0.493 e. The van der Waals surface area contributed by atoms with Gasteiger partial charge in [0.25, 0.3) is 0 Å². The fourth-order valence-corrected chi connectivity index (χ4v) is 3.03. The molecule has 0 saturated carbocycles. The number of halogens is 1. The first-order chi connectivity index (χ1) is 7.77. The Balaban J connectivity index is 2.38. The Hall–Kier alpha value is -0.540. The predicted octanol–water partition coefficient (Wildman–Crippen LogP) is 3.61. The van der Waals surface area contributed by atoms with Gasteiger partial charge in [0.05, 0.1) is 6.61 Å². The van der Waals surface area contributed by atoms with Gasteiger partial charge in [-0.3, -0.25) is 4.90 Å². The molecule has 1 aromatic rings. The minimum absolute atomic E-state index is 0.495. The Morgan fingerprint density at radius 2 is 2.12 bits per heavy atom. The van der Waals surface area contributed by atoms with E-state index < -0.39 is 0 Å². The van der Waals surface area contributed by atoms with Crippen molar-refractivity contribution in [1.29, 1.82) is 0 Å². The van der Waals surface area contributed by atoms with Crippen LogP contribution in [0.25, 0.3) is 0 Å². The summed E-state index contributed by atoms with van der Waals surface area (Å²) < 4.78 is 6.89. The van der Waals surface area contributed by atoms with Gasteiger partial charge >= 0.3 is 0 Å². The third kappa shape index (κ3) is 2.11. The first kappa shape index (κ1) is 11.9. The van der Waals surface area contributed by atoms with Gasteiger partial charge in [0.2, 0.25) is 0 Å². The van der Waals surface area contributed by atoms with E-state index >= 15 is 0 Å². The van der Waals surface area contributed by atoms with E-state index in [1.165, 1.54) is 10.0 Å². The van der Waals surface area contributed by atoms with Crippen LogP contribution in [0.5, 0.6) is 5.75 Å². The maximum atomic E-state index is 5.72. The van der Waals surface area contributed by atoms with Gasteiger partial charge in [-0.05, 0) is 25.2 Å². The molecule has 0 spiro atoms. The second-order valence-electron chi connectivity index (χ2n) is 4.03. The smallest absolute Gasteiger partial charge is 0.125 e. The lowest BCUT2D eigenvalue weighted by Crippen LogP contribution is -2.32. The van der Waals surface area contributed by atoms with E-state index in [2.05, 4.69) is 46.8 Å². The highest BCUT2D eigenvalue weighted by molar-refractivity contribution is 9.10. The van der Waals surface area contributed by atoms with E-state index in [0.717, 1.165) is 31.9 Å². The van der Waals surface area contributed by atoms with E-state index in [1.807, 2.05) is 6.07 Å². The third-order valence-electron chi connectivity index (χ3n) is 3.25. The van der Waals surface area contributed by atoms with Gasteiger partial charge in [-0.15, -0.1) is 0 Å². The molecule has 1 aliphatic heterocycles. The zero-order valence-corrected chi connectivity index (χ0v) is 11.5. The second kappa shape index (κ2) is 5.19. The average molecular weight is 284 g/mol. The number of nitrogens with zero attached hydrogens (tertiary/aromatic N) is 1. The van der Waals surface area contributed by atoms with E-state index in [0.29, 0.717) is 6.04 Å². The van der Waals surface area contributed by atoms with Crippen molar-refractivity contribution in [2.75, 3.05) is 19.7 Å². The second-order valence-corrected chi connectivity index (χ2v) is 4.88. The molecule has 1 atom stereocenters. The highest BCUT2D eigenvalue weighted by atomic mass is 79.9. The van der Waals surface area contributed by atoms with Crippen molar-refractivity contribution in [2.45, 2.75) is 26.3 Å². The van der Waals surface area contributed by atoms with Crippen LogP contribution < -0.4 is 4.74 Å². The van der Waals surface area contributed by atoms with Crippen molar-refractivity contribution in [3.8, 4) is 5.75 Å². The van der Waals surface area contributed by atoms with Crippen molar-refractivity contribution in [3.63, 3.8) is 0 Å². The summed E-state index contributed by atoms with van der Waals surface area (Å²) in [4.78, 5) is 2.49. The molecule has 88 valence electrons. The molecule has 3 heteroatoms. The minimum Gasteiger partial charge on any atom is -0.493 e. The molecule has 0 fully saturated rings. The molecule has 0 aliphatic carbocycles. The standard InChI is InChI=1S/C13H18BrNO/c1-3-15(4-2)11-8-9-16-12-7-5-6-10(14)13(11)12/h5-7,11H,3-4,8-9H2,1-2H3. The van der Waals surface area contributed by atoms with Crippen LogP contribution in [0, 0.1) is 0 Å². The number of hydrogen-bond donors (Lipinski definition) is 0. The van der Waals surface area contributed by atoms with Crippen LogP contribution in [0.2, 0.25) is 0 Å². The number of rotatable bonds is 3. The van der Waals surface area contributed by atoms with Gasteiger partial charge in [0.1, 0.15) is 5.75 Å². The van der Waals surface area contributed by atoms with Crippen molar-refractivity contribution in [3.05, 3.63) is 28.2 Å². The molecule has 1 aromatic carbocycles. The van der Waals surface area contributed by atoms with Crippen LogP contribution in [0.3, 0.4) is 0 Å². The maximum Gasteiger partial charge on any atom is 0.125 e. The summed E-state index contributed by atoms with van der Waals surface area (Å²) in [6.45, 7) is 7.43. The molecule has 1 aliphatic rings. The zero-order chi connectivity index (χ0) is 11.5. The molecule has 16 heavy (non-hydrogen) atoms. The van der Waals surface area contributed by atoms with Gasteiger partial charge in [-0.1, -0.05) is 35.8 Å². The molecule has 0 radical (unpaired) electrons. The number of fused-ring (bicyclic) bond motifs is 1. The predicted molar refractivity (Wildman–Crippen MR) is 69.9 cm³/mol. The summed E-state index contributed by atoms with van der Waals surface area (Å²) in [7, 11) is 0. The topological polar surface area (TPSA) is 12.5 Å². The molecule has 0 bridgehead atoms. The molecule has 1 unspecified atom stereocenters. The minimum atomic E-state index is 0.495.